The number of hydrogen-bond acceptors (Lipinski definition) is 6. The average Bonchev–Trinajstić information content (AvgIpc) is 2.73. The number of aryl methyl sites for hydroxylation is 1. The first kappa shape index (κ1) is 22.5. The van der Waals surface area contributed by atoms with E-state index in [0.29, 0.717) is 17.8 Å². The molecule has 0 saturated carbocycles. The summed E-state index contributed by atoms with van der Waals surface area (Å²) in [6, 6.07) is 8.16. The van der Waals surface area contributed by atoms with E-state index < -0.39 is 11.8 Å². The molecule has 9 nitrogen and oxygen atoms in total. The SMILES string of the molecule is CCC(=O)Nc1ccc(C)c(NC(=O)c2cc(OC)c(OCC(N)=O)c(OC)c2)c1. The van der Waals surface area contributed by atoms with Gasteiger partial charge in [0.25, 0.3) is 11.8 Å². The number of benzene rings is 2. The van der Waals surface area contributed by atoms with E-state index in [1.807, 2.05) is 6.92 Å². The van der Waals surface area contributed by atoms with Crippen molar-refractivity contribution in [2.45, 2.75) is 20.3 Å². The van der Waals surface area contributed by atoms with Gasteiger partial charge in [0.2, 0.25) is 11.7 Å². The predicted octanol–water partition coefficient (Wildman–Crippen LogP) is 2.48. The van der Waals surface area contributed by atoms with Crippen LogP contribution in [0.1, 0.15) is 29.3 Å². The van der Waals surface area contributed by atoms with E-state index in [-0.39, 0.29) is 35.3 Å². The van der Waals surface area contributed by atoms with Gasteiger partial charge in [0.1, 0.15) is 0 Å². The molecular formula is C21H25N3O6. The van der Waals surface area contributed by atoms with Crippen LogP contribution in [-0.4, -0.2) is 38.5 Å². The summed E-state index contributed by atoms with van der Waals surface area (Å²) in [7, 11) is 2.80. The number of rotatable bonds is 9. The number of methoxy groups -OCH3 is 2. The molecular weight excluding hydrogens is 390 g/mol. The maximum atomic E-state index is 12.8. The van der Waals surface area contributed by atoms with Crippen molar-refractivity contribution < 1.29 is 28.6 Å². The maximum absolute atomic E-state index is 12.8. The molecule has 0 radical (unpaired) electrons. The van der Waals surface area contributed by atoms with Gasteiger partial charge in [0.05, 0.1) is 14.2 Å². The van der Waals surface area contributed by atoms with Gasteiger partial charge in [-0.1, -0.05) is 13.0 Å². The van der Waals surface area contributed by atoms with Crippen molar-refractivity contribution >= 4 is 29.1 Å². The highest BCUT2D eigenvalue weighted by Crippen LogP contribution is 2.38. The third kappa shape index (κ3) is 5.63. The van der Waals surface area contributed by atoms with Crippen LogP contribution in [0, 0.1) is 6.92 Å². The Kier molecular flexibility index (Phi) is 7.62. The molecule has 0 aliphatic carbocycles. The molecule has 0 atom stereocenters. The second-order valence-corrected chi connectivity index (χ2v) is 6.35. The number of amides is 3. The Morgan fingerprint density at radius 2 is 1.63 bits per heavy atom. The van der Waals surface area contributed by atoms with Crippen LogP contribution < -0.4 is 30.6 Å². The van der Waals surface area contributed by atoms with Gasteiger partial charge in [-0.05, 0) is 36.8 Å². The second-order valence-electron chi connectivity index (χ2n) is 6.35. The zero-order valence-electron chi connectivity index (χ0n) is 17.3. The van der Waals surface area contributed by atoms with Crippen molar-refractivity contribution in [3.8, 4) is 17.2 Å². The number of nitrogens with one attached hydrogen (secondary N) is 2. The molecule has 4 N–H and O–H groups in total. The predicted molar refractivity (Wildman–Crippen MR) is 112 cm³/mol. The normalized spacial score (nSPS) is 10.1. The van der Waals surface area contributed by atoms with Gasteiger partial charge in [0.15, 0.2) is 18.1 Å². The molecule has 30 heavy (non-hydrogen) atoms. The average molecular weight is 415 g/mol. The molecule has 0 heterocycles. The molecule has 9 heteroatoms. The molecule has 2 aromatic rings. The quantitative estimate of drug-likeness (QED) is 0.577. The highest BCUT2D eigenvalue weighted by molar-refractivity contribution is 6.06. The van der Waals surface area contributed by atoms with Gasteiger partial charge < -0.3 is 30.6 Å². The zero-order chi connectivity index (χ0) is 22.3. The largest absolute Gasteiger partial charge is 0.493 e. The Bertz CT molecular complexity index is 933. The second kappa shape index (κ2) is 10.1. The van der Waals surface area contributed by atoms with Crippen LogP contribution in [-0.2, 0) is 9.59 Å². The van der Waals surface area contributed by atoms with E-state index in [1.165, 1.54) is 26.4 Å². The number of hydrogen-bond donors (Lipinski definition) is 3. The molecule has 2 rings (SSSR count). The monoisotopic (exact) mass is 415 g/mol. The fraction of sp³-hybridized carbons (Fsp3) is 0.286. The van der Waals surface area contributed by atoms with Crippen molar-refractivity contribution in [1.29, 1.82) is 0 Å². The van der Waals surface area contributed by atoms with Gasteiger partial charge >= 0.3 is 0 Å². The summed E-state index contributed by atoms with van der Waals surface area (Å²) in [6.45, 7) is 3.22. The third-order valence-electron chi connectivity index (χ3n) is 4.17. The number of nitrogens with two attached hydrogens (primary N) is 1. The minimum Gasteiger partial charge on any atom is -0.493 e. The van der Waals surface area contributed by atoms with Crippen molar-refractivity contribution in [2.75, 3.05) is 31.5 Å². The third-order valence-corrected chi connectivity index (χ3v) is 4.17. The number of anilines is 2. The van der Waals surface area contributed by atoms with Crippen LogP contribution in [0.15, 0.2) is 30.3 Å². The van der Waals surface area contributed by atoms with Crippen molar-refractivity contribution in [3.63, 3.8) is 0 Å². The van der Waals surface area contributed by atoms with Gasteiger partial charge in [-0.15, -0.1) is 0 Å². The summed E-state index contributed by atoms with van der Waals surface area (Å²) in [5.41, 5.74) is 7.30. The first-order valence-corrected chi connectivity index (χ1v) is 9.18. The van der Waals surface area contributed by atoms with Gasteiger partial charge in [-0.25, -0.2) is 0 Å². The van der Waals surface area contributed by atoms with Crippen LogP contribution in [0.25, 0.3) is 0 Å². The van der Waals surface area contributed by atoms with E-state index in [4.69, 9.17) is 19.9 Å². The van der Waals surface area contributed by atoms with Crippen molar-refractivity contribution in [1.82, 2.24) is 0 Å². The zero-order valence-corrected chi connectivity index (χ0v) is 17.3. The van der Waals surface area contributed by atoms with Crippen LogP contribution >= 0.6 is 0 Å². The van der Waals surface area contributed by atoms with Crippen molar-refractivity contribution in [2.24, 2.45) is 5.73 Å². The molecule has 0 fully saturated rings. The molecule has 0 aliphatic rings. The molecule has 0 bridgehead atoms. The van der Waals surface area contributed by atoms with E-state index >= 15 is 0 Å². The molecule has 0 spiro atoms. The summed E-state index contributed by atoms with van der Waals surface area (Å²) in [5, 5.41) is 5.57. The molecule has 0 aromatic heterocycles. The first-order valence-electron chi connectivity index (χ1n) is 9.18. The minimum atomic E-state index is -0.661. The summed E-state index contributed by atoms with van der Waals surface area (Å²) < 4.78 is 15.9. The Hall–Kier alpha value is -3.75. The van der Waals surface area contributed by atoms with Crippen LogP contribution in [0.4, 0.5) is 11.4 Å². The van der Waals surface area contributed by atoms with Crippen LogP contribution in [0.2, 0.25) is 0 Å². The molecule has 160 valence electrons. The van der Waals surface area contributed by atoms with E-state index in [1.54, 1.807) is 25.1 Å². The standard InChI is InChI=1S/C21H25N3O6/c1-5-19(26)23-14-7-6-12(2)15(10-14)24-21(27)13-8-16(28-3)20(17(9-13)29-4)30-11-18(22)25/h6-10H,5,11H2,1-4H3,(H2,22,25)(H,23,26)(H,24,27). The smallest absolute Gasteiger partial charge is 0.255 e. The highest BCUT2D eigenvalue weighted by Gasteiger charge is 2.19. The molecule has 2 aromatic carbocycles. The fourth-order valence-corrected chi connectivity index (χ4v) is 2.57. The topological polar surface area (TPSA) is 129 Å². The number of carbonyl (C=O) groups excluding carboxylic acids is 3. The van der Waals surface area contributed by atoms with Gasteiger partial charge in [0, 0.05) is 23.4 Å². The highest BCUT2D eigenvalue weighted by atomic mass is 16.5. The lowest BCUT2D eigenvalue weighted by Gasteiger charge is -2.16. The van der Waals surface area contributed by atoms with Crippen LogP contribution in [0.5, 0.6) is 17.2 Å². The maximum Gasteiger partial charge on any atom is 0.255 e. The lowest BCUT2D eigenvalue weighted by atomic mass is 10.1. The molecule has 3 amide bonds. The van der Waals surface area contributed by atoms with Gasteiger partial charge in [-0.2, -0.15) is 0 Å². The number of ether oxygens (including phenoxy) is 3. The van der Waals surface area contributed by atoms with E-state index in [0.717, 1.165) is 5.56 Å². The lowest BCUT2D eigenvalue weighted by Crippen LogP contribution is -2.20. The molecule has 0 saturated heterocycles. The summed E-state index contributed by atoms with van der Waals surface area (Å²) in [6.07, 6.45) is 0.347. The van der Waals surface area contributed by atoms with Crippen LogP contribution in [0.3, 0.4) is 0 Å². The Morgan fingerprint density at radius 1 is 1.00 bits per heavy atom. The molecule has 0 unspecified atom stereocenters. The summed E-state index contributed by atoms with van der Waals surface area (Å²) in [4.78, 5) is 35.5. The minimum absolute atomic E-state index is 0.128. The lowest BCUT2D eigenvalue weighted by molar-refractivity contribution is -0.120. The van der Waals surface area contributed by atoms with Gasteiger partial charge in [-0.3, -0.25) is 14.4 Å². The van der Waals surface area contributed by atoms with E-state index in [2.05, 4.69) is 10.6 Å². The number of primary amides is 1. The first-order chi connectivity index (χ1) is 14.3. The number of carbonyl (C=O) groups is 3. The Morgan fingerprint density at radius 3 is 2.17 bits per heavy atom. The fourth-order valence-electron chi connectivity index (χ4n) is 2.57. The Labute approximate surface area is 174 Å². The molecule has 0 aliphatic heterocycles. The summed E-state index contributed by atoms with van der Waals surface area (Å²) >= 11 is 0. The van der Waals surface area contributed by atoms with E-state index in [9.17, 15) is 14.4 Å². The van der Waals surface area contributed by atoms with Crippen molar-refractivity contribution in [3.05, 3.63) is 41.5 Å². The Balaban J connectivity index is 2.31. The summed E-state index contributed by atoms with van der Waals surface area (Å²) in [5.74, 6) is -0.627.